The number of carbonyl (C=O) groups is 1. The highest BCUT2D eigenvalue weighted by atomic mass is 19.4. The van der Waals surface area contributed by atoms with Gasteiger partial charge in [0.2, 0.25) is 0 Å². The summed E-state index contributed by atoms with van der Waals surface area (Å²) in [5, 5.41) is 18.4. The van der Waals surface area contributed by atoms with Crippen LogP contribution in [-0.2, 0) is 9.53 Å². The molecule has 0 spiro atoms. The predicted molar refractivity (Wildman–Crippen MR) is 58.4 cm³/mol. The summed E-state index contributed by atoms with van der Waals surface area (Å²) in [7, 11) is 5.22. The van der Waals surface area contributed by atoms with Gasteiger partial charge < -0.3 is 14.9 Å². The maximum Gasteiger partial charge on any atom is 0.429 e. The lowest BCUT2D eigenvalue weighted by molar-refractivity contribution is -0.398. The number of esters is 1. The van der Waals surface area contributed by atoms with E-state index in [4.69, 9.17) is 13.0 Å². The van der Waals surface area contributed by atoms with Gasteiger partial charge in [0.05, 0.1) is 7.85 Å². The van der Waals surface area contributed by atoms with E-state index in [2.05, 4.69) is 4.74 Å². The molecule has 11 heteroatoms. The van der Waals surface area contributed by atoms with Gasteiger partial charge in [0.15, 0.2) is 0 Å². The van der Waals surface area contributed by atoms with E-state index in [1.54, 1.807) is 0 Å². The SMILES string of the molecule is [B]C(C)C[C@@H](OC(C)=O)[C@@H](O)C(O)(C(F)(F)F)C(F)(F)F. The highest BCUT2D eigenvalue weighted by Gasteiger charge is 2.75. The van der Waals surface area contributed by atoms with Crippen LogP contribution in [0.15, 0.2) is 0 Å². The summed E-state index contributed by atoms with van der Waals surface area (Å²) in [4.78, 5) is 10.7. The van der Waals surface area contributed by atoms with E-state index in [-0.39, 0.29) is 0 Å². The summed E-state index contributed by atoms with van der Waals surface area (Å²) in [5.41, 5.74) is -5.45. The molecule has 0 aliphatic heterocycles. The fraction of sp³-hybridized carbons (Fsp3) is 0.900. The number of alkyl halides is 6. The number of hydrogen-bond acceptors (Lipinski definition) is 4. The zero-order valence-corrected chi connectivity index (χ0v) is 11.0. The van der Waals surface area contributed by atoms with Crippen molar-refractivity contribution in [3.05, 3.63) is 0 Å². The molecule has 0 bridgehead atoms. The largest absolute Gasteiger partial charge is 0.460 e. The number of ether oxygens (including phenoxy) is 1. The standard InChI is InChI=1S/C10H13BF6O4/c1-4(11)3-6(21-5(2)18)7(19)8(20,9(12,13)14)10(15,16)17/h4,6-7,19-20H,3H2,1-2H3/t4?,6-,7-/m1/s1. The molecule has 0 aromatic carbocycles. The number of rotatable bonds is 5. The zero-order valence-electron chi connectivity index (χ0n) is 11.0. The summed E-state index contributed by atoms with van der Waals surface area (Å²) < 4.78 is 79.7. The topological polar surface area (TPSA) is 66.8 Å². The molecule has 0 heterocycles. The van der Waals surface area contributed by atoms with Crippen LogP contribution in [0.5, 0.6) is 0 Å². The van der Waals surface area contributed by atoms with Crippen LogP contribution < -0.4 is 0 Å². The van der Waals surface area contributed by atoms with Gasteiger partial charge >= 0.3 is 18.3 Å². The Kier molecular flexibility index (Phi) is 6.13. The third kappa shape index (κ3) is 4.50. The third-order valence-corrected chi connectivity index (χ3v) is 2.57. The first-order valence-electron chi connectivity index (χ1n) is 5.61. The van der Waals surface area contributed by atoms with Crippen molar-refractivity contribution >= 4 is 13.8 Å². The first-order valence-corrected chi connectivity index (χ1v) is 5.61. The van der Waals surface area contributed by atoms with Crippen molar-refractivity contribution < 1.29 is 46.1 Å². The molecule has 0 amide bonds. The average molecular weight is 322 g/mol. The van der Waals surface area contributed by atoms with Crippen LogP contribution in [-0.4, -0.2) is 54.2 Å². The molecule has 2 N–H and O–H groups in total. The minimum atomic E-state index is -6.24. The van der Waals surface area contributed by atoms with Crippen molar-refractivity contribution in [2.45, 2.75) is 56.2 Å². The number of aliphatic hydroxyl groups excluding tert-OH is 1. The highest BCUT2D eigenvalue weighted by Crippen LogP contribution is 2.46. The number of hydrogen-bond donors (Lipinski definition) is 2. The lowest BCUT2D eigenvalue weighted by atomic mass is 9.80. The smallest absolute Gasteiger partial charge is 0.429 e. The Balaban J connectivity index is 5.71. The Morgan fingerprint density at radius 1 is 1.19 bits per heavy atom. The first kappa shape index (κ1) is 20.0. The summed E-state index contributed by atoms with van der Waals surface area (Å²) in [6, 6.07) is 0. The molecule has 0 aromatic rings. The van der Waals surface area contributed by atoms with Gasteiger partial charge in [-0.1, -0.05) is 12.7 Å². The molecule has 0 aliphatic carbocycles. The van der Waals surface area contributed by atoms with E-state index < -0.39 is 48.4 Å². The first-order chi connectivity index (χ1) is 9.14. The summed E-state index contributed by atoms with van der Waals surface area (Å²) in [6.07, 6.45) is -18.9. The van der Waals surface area contributed by atoms with Crippen LogP contribution in [0, 0.1) is 0 Å². The van der Waals surface area contributed by atoms with Crippen LogP contribution in [0.4, 0.5) is 26.3 Å². The van der Waals surface area contributed by atoms with Gasteiger partial charge in [-0.05, 0) is 6.42 Å². The molecular weight excluding hydrogens is 309 g/mol. The lowest BCUT2D eigenvalue weighted by Gasteiger charge is -2.39. The van der Waals surface area contributed by atoms with Crippen molar-refractivity contribution in [3.63, 3.8) is 0 Å². The quantitative estimate of drug-likeness (QED) is 0.457. The van der Waals surface area contributed by atoms with E-state index in [1.807, 2.05) is 0 Å². The van der Waals surface area contributed by atoms with Gasteiger partial charge in [-0.25, -0.2) is 0 Å². The Hall–Kier alpha value is -0.965. The molecule has 0 saturated heterocycles. The molecule has 0 aliphatic rings. The zero-order chi connectivity index (χ0) is 17.2. The fourth-order valence-corrected chi connectivity index (χ4v) is 1.59. The van der Waals surface area contributed by atoms with E-state index in [1.165, 1.54) is 6.92 Å². The monoisotopic (exact) mass is 322 g/mol. The van der Waals surface area contributed by atoms with E-state index >= 15 is 0 Å². The number of carbonyl (C=O) groups excluding carboxylic acids is 1. The second-order valence-electron chi connectivity index (χ2n) is 4.57. The molecular formula is C10H13BF6O4. The second kappa shape index (κ2) is 6.43. The normalized spacial score (nSPS) is 18.0. The van der Waals surface area contributed by atoms with Crippen LogP contribution in [0.2, 0.25) is 5.82 Å². The predicted octanol–water partition coefficient (Wildman–Crippen LogP) is 1.50. The summed E-state index contributed by atoms with van der Waals surface area (Å²) >= 11 is 0. The molecule has 4 nitrogen and oxygen atoms in total. The molecule has 0 rings (SSSR count). The van der Waals surface area contributed by atoms with Crippen LogP contribution in [0.3, 0.4) is 0 Å². The van der Waals surface area contributed by atoms with Gasteiger partial charge in [-0.3, -0.25) is 4.79 Å². The molecule has 1 unspecified atom stereocenters. The van der Waals surface area contributed by atoms with E-state index in [0.717, 1.165) is 6.92 Å². The van der Waals surface area contributed by atoms with Crippen molar-refractivity contribution in [1.29, 1.82) is 0 Å². The van der Waals surface area contributed by atoms with E-state index in [0.29, 0.717) is 0 Å². The Labute approximate surface area is 117 Å². The lowest BCUT2D eigenvalue weighted by Crippen LogP contribution is -2.67. The number of aliphatic hydroxyl groups is 2. The molecule has 122 valence electrons. The number of halogens is 6. The molecule has 0 saturated carbocycles. The minimum Gasteiger partial charge on any atom is -0.460 e. The van der Waals surface area contributed by atoms with Crippen molar-refractivity contribution in [2.24, 2.45) is 0 Å². The Morgan fingerprint density at radius 2 is 1.57 bits per heavy atom. The maximum atomic E-state index is 12.6. The van der Waals surface area contributed by atoms with Crippen LogP contribution in [0.25, 0.3) is 0 Å². The average Bonchev–Trinajstić information content (AvgIpc) is 2.21. The summed E-state index contributed by atoms with van der Waals surface area (Å²) in [6.45, 7) is 1.94. The van der Waals surface area contributed by atoms with Crippen molar-refractivity contribution in [1.82, 2.24) is 0 Å². The minimum absolute atomic E-state index is 0.713. The maximum absolute atomic E-state index is 12.6. The van der Waals surface area contributed by atoms with Gasteiger partial charge in [-0.2, -0.15) is 26.3 Å². The van der Waals surface area contributed by atoms with Crippen LogP contribution >= 0.6 is 0 Å². The van der Waals surface area contributed by atoms with Gasteiger partial charge in [0.1, 0.15) is 12.2 Å². The molecule has 3 atom stereocenters. The van der Waals surface area contributed by atoms with Gasteiger partial charge in [0.25, 0.3) is 5.60 Å². The van der Waals surface area contributed by atoms with Gasteiger partial charge in [-0.15, -0.1) is 0 Å². The molecule has 0 aromatic heterocycles. The van der Waals surface area contributed by atoms with Crippen molar-refractivity contribution in [2.75, 3.05) is 0 Å². The van der Waals surface area contributed by atoms with Crippen molar-refractivity contribution in [3.8, 4) is 0 Å². The fourth-order valence-electron chi connectivity index (χ4n) is 1.59. The summed E-state index contributed by atoms with van der Waals surface area (Å²) in [5.74, 6) is -2.22. The van der Waals surface area contributed by atoms with E-state index in [9.17, 15) is 36.2 Å². The van der Waals surface area contributed by atoms with Gasteiger partial charge in [0, 0.05) is 6.92 Å². The van der Waals surface area contributed by atoms with Crippen LogP contribution in [0.1, 0.15) is 20.3 Å². The Morgan fingerprint density at radius 3 is 1.81 bits per heavy atom. The highest BCUT2D eigenvalue weighted by molar-refractivity contribution is 6.11. The Bertz CT molecular complexity index is 354. The molecule has 2 radical (unpaired) electrons. The molecule has 21 heavy (non-hydrogen) atoms. The third-order valence-electron chi connectivity index (χ3n) is 2.57. The second-order valence-corrected chi connectivity index (χ2v) is 4.57. The molecule has 0 fully saturated rings.